The van der Waals surface area contributed by atoms with Gasteiger partial charge in [-0.3, -0.25) is 0 Å². The summed E-state index contributed by atoms with van der Waals surface area (Å²) in [7, 11) is 0. The summed E-state index contributed by atoms with van der Waals surface area (Å²) in [6.45, 7) is 4.55. The highest BCUT2D eigenvalue weighted by Crippen LogP contribution is 2.12. The van der Waals surface area contributed by atoms with Gasteiger partial charge in [-0.2, -0.15) is 0 Å². The third-order valence-electron chi connectivity index (χ3n) is 2.55. The van der Waals surface area contributed by atoms with Gasteiger partial charge in [0.1, 0.15) is 0 Å². The molecule has 0 saturated carbocycles. The maximum Gasteiger partial charge on any atom is 0.315 e. The molecule has 0 spiro atoms. The van der Waals surface area contributed by atoms with Gasteiger partial charge in [0.05, 0.1) is 6.04 Å². The summed E-state index contributed by atoms with van der Waals surface area (Å²) in [5.74, 6) is 0. The van der Waals surface area contributed by atoms with Crippen molar-refractivity contribution < 1.29 is 9.90 Å². The summed E-state index contributed by atoms with van der Waals surface area (Å²) in [6, 6.07) is 7.84. The molecule has 1 aromatic rings. The summed E-state index contributed by atoms with van der Waals surface area (Å²) >= 11 is 0. The first-order valence-corrected chi connectivity index (χ1v) is 5.85. The van der Waals surface area contributed by atoms with Gasteiger partial charge in [-0.15, -0.1) is 0 Å². The van der Waals surface area contributed by atoms with E-state index < -0.39 is 0 Å². The fourth-order valence-corrected chi connectivity index (χ4v) is 1.47. The Morgan fingerprint density at radius 1 is 1.35 bits per heavy atom. The normalized spacial score (nSPS) is 11.9. The number of carbonyl (C=O) groups is 1. The molecule has 0 heterocycles. The zero-order valence-electron chi connectivity index (χ0n) is 10.4. The second-order valence-electron chi connectivity index (χ2n) is 4.11. The first kappa shape index (κ1) is 13.5. The quantitative estimate of drug-likeness (QED) is 0.682. The minimum Gasteiger partial charge on any atom is -0.396 e. The number of benzene rings is 1. The van der Waals surface area contributed by atoms with E-state index in [1.807, 2.05) is 38.1 Å². The fraction of sp³-hybridized carbons (Fsp3) is 0.462. The first-order chi connectivity index (χ1) is 8.13. The zero-order valence-corrected chi connectivity index (χ0v) is 10.4. The van der Waals surface area contributed by atoms with E-state index in [2.05, 4.69) is 10.6 Å². The number of urea groups is 1. The molecule has 0 aliphatic carbocycles. The van der Waals surface area contributed by atoms with E-state index in [0.717, 1.165) is 5.56 Å². The molecule has 94 valence electrons. The van der Waals surface area contributed by atoms with E-state index in [4.69, 9.17) is 5.11 Å². The van der Waals surface area contributed by atoms with Crippen molar-refractivity contribution in [1.82, 2.24) is 10.6 Å². The highest BCUT2D eigenvalue weighted by molar-refractivity contribution is 5.74. The van der Waals surface area contributed by atoms with Gasteiger partial charge in [0.15, 0.2) is 0 Å². The van der Waals surface area contributed by atoms with E-state index in [-0.39, 0.29) is 18.7 Å². The van der Waals surface area contributed by atoms with Crippen LogP contribution in [0.25, 0.3) is 0 Å². The molecule has 1 rings (SSSR count). The van der Waals surface area contributed by atoms with Crippen LogP contribution in [0, 0.1) is 6.92 Å². The van der Waals surface area contributed by atoms with Crippen LogP contribution in [0.15, 0.2) is 24.3 Å². The maximum absolute atomic E-state index is 11.5. The molecule has 0 aromatic heterocycles. The molecule has 0 fully saturated rings. The van der Waals surface area contributed by atoms with Crippen LogP contribution >= 0.6 is 0 Å². The fourth-order valence-electron chi connectivity index (χ4n) is 1.47. The Balaban J connectivity index is 2.40. The van der Waals surface area contributed by atoms with Gasteiger partial charge in [0.25, 0.3) is 0 Å². The molecular weight excluding hydrogens is 216 g/mol. The summed E-state index contributed by atoms with van der Waals surface area (Å²) < 4.78 is 0. The predicted octanol–water partition coefficient (Wildman–Crippen LogP) is 1.74. The van der Waals surface area contributed by atoms with Crippen molar-refractivity contribution in [3.05, 3.63) is 35.4 Å². The van der Waals surface area contributed by atoms with Crippen LogP contribution in [0.1, 0.15) is 30.5 Å². The Hall–Kier alpha value is -1.55. The average Bonchev–Trinajstić information content (AvgIpc) is 2.30. The molecule has 17 heavy (non-hydrogen) atoms. The molecule has 1 unspecified atom stereocenters. The largest absolute Gasteiger partial charge is 0.396 e. The molecule has 0 aliphatic rings. The Morgan fingerprint density at radius 3 is 2.59 bits per heavy atom. The van der Waals surface area contributed by atoms with Gasteiger partial charge in [-0.05, 0) is 25.8 Å². The molecule has 1 aromatic carbocycles. The van der Waals surface area contributed by atoms with Crippen molar-refractivity contribution in [3.8, 4) is 0 Å². The molecule has 0 radical (unpaired) electrons. The minimum absolute atomic E-state index is 0.0234. The van der Waals surface area contributed by atoms with Gasteiger partial charge in [-0.1, -0.05) is 29.8 Å². The van der Waals surface area contributed by atoms with Crippen molar-refractivity contribution in [2.75, 3.05) is 13.2 Å². The monoisotopic (exact) mass is 236 g/mol. The molecule has 4 heteroatoms. The molecule has 4 nitrogen and oxygen atoms in total. The van der Waals surface area contributed by atoms with E-state index in [9.17, 15) is 4.79 Å². The topological polar surface area (TPSA) is 61.4 Å². The lowest BCUT2D eigenvalue weighted by molar-refractivity contribution is 0.235. The molecular formula is C13H20N2O2. The number of rotatable bonds is 5. The lowest BCUT2D eigenvalue weighted by Crippen LogP contribution is -2.37. The Bertz CT molecular complexity index is 349. The van der Waals surface area contributed by atoms with Crippen LogP contribution in [0.4, 0.5) is 4.79 Å². The third kappa shape index (κ3) is 4.87. The highest BCUT2D eigenvalue weighted by Gasteiger charge is 2.08. The van der Waals surface area contributed by atoms with E-state index in [1.165, 1.54) is 5.56 Å². The van der Waals surface area contributed by atoms with Gasteiger partial charge in [0.2, 0.25) is 0 Å². The maximum atomic E-state index is 11.5. The Labute approximate surface area is 102 Å². The summed E-state index contributed by atoms with van der Waals surface area (Å²) in [6.07, 6.45) is 0.576. The molecule has 0 saturated heterocycles. The van der Waals surface area contributed by atoms with Crippen LogP contribution in [-0.2, 0) is 0 Å². The highest BCUT2D eigenvalue weighted by atomic mass is 16.3. The Kier molecular flexibility index (Phi) is 5.49. The number of hydrogen-bond donors (Lipinski definition) is 3. The van der Waals surface area contributed by atoms with E-state index in [0.29, 0.717) is 13.0 Å². The van der Waals surface area contributed by atoms with Crippen LogP contribution in [0.3, 0.4) is 0 Å². The molecule has 2 amide bonds. The van der Waals surface area contributed by atoms with Crippen molar-refractivity contribution in [3.63, 3.8) is 0 Å². The Morgan fingerprint density at radius 2 is 2.00 bits per heavy atom. The number of hydrogen-bond acceptors (Lipinski definition) is 2. The number of amides is 2. The SMILES string of the molecule is Cc1ccc(C(C)NC(=O)NCCCO)cc1. The van der Waals surface area contributed by atoms with E-state index >= 15 is 0 Å². The number of aliphatic hydroxyl groups is 1. The lowest BCUT2D eigenvalue weighted by Gasteiger charge is -2.15. The smallest absolute Gasteiger partial charge is 0.315 e. The average molecular weight is 236 g/mol. The first-order valence-electron chi connectivity index (χ1n) is 5.85. The molecule has 1 atom stereocenters. The molecule has 0 bridgehead atoms. The van der Waals surface area contributed by atoms with Crippen molar-refractivity contribution in [2.45, 2.75) is 26.3 Å². The van der Waals surface area contributed by atoms with Crippen molar-refractivity contribution >= 4 is 6.03 Å². The van der Waals surface area contributed by atoms with Gasteiger partial charge in [-0.25, -0.2) is 4.79 Å². The minimum atomic E-state index is -0.202. The number of aliphatic hydroxyl groups excluding tert-OH is 1. The van der Waals surface area contributed by atoms with Crippen LogP contribution in [0.5, 0.6) is 0 Å². The molecule has 0 aliphatic heterocycles. The van der Waals surface area contributed by atoms with Gasteiger partial charge >= 0.3 is 6.03 Å². The predicted molar refractivity (Wildman–Crippen MR) is 67.8 cm³/mol. The van der Waals surface area contributed by atoms with E-state index in [1.54, 1.807) is 0 Å². The van der Waals surface area contributed by atoms with Crippen LogP contribution < -0.4 is 10.6 Å². The van der Waals surface area contributed by atoms with Crippen molar-refractivity contribution in [2.24, 2.45) is 0 Å². The third-order valence-corrected chi connectivity index (χ3v) is 2.55. The van der Waals surface area contributed by atoms with Gasteiger partial charge < -0.3 is 15.7 Å². The number of carbonyl (C=O) groups excluding carboxylic acids is 1. The number of nitrogens with one attached hydrogen (secondary N) is 2. The zero-order chi connectivity index (χ0) is 12.7. The second kappa shape index (κ2) is 6.91. The number of aryl methyl sites for hydroxylation is 1. The van der Waals surface area contributed by atoms with Crippen LogP contribution in [0.2, 0.25) is 0 Å². The summed E-state index contributed by atoms with van der Waals surface area (Å²) in [5.41, 5.74) is 2.28. The van der Waals surface area contributed by atoms with Crippen LogP contribution in [-0.4, -0.2) is 24.3 Å². The lowest BCUT2D eigenvalue weighted by atomic mass is 10.1. The van der Waals surface area contributed by atoms with Gasteiger partial charge in [0, 0.05) is 13.2 Å². The summed E-state index contributed by atoms with van der Waals surface area (Å²) in [4.78, 5) is 11.5. The van der Waals surface area contributed by atoms with Crippen molar-refractivity contribution in [1.29, 1.82) is 0 Å². The molecule has 3 N–H and O–H groups in total. The second-order valence-corrected chi connectivity index (χ2v) is 4.11. The standard InChI is InChI=1S/C13H20N2O2/c1-10-4-6-12(7-5-10)11(2)15-13(17)14-8-3-9-16/h4-7,11,16H,3,8-9H2,1-2H3,(H2,14,15,17). The summed E-state index contributed by atoms with van der Waals surface area (Å²) in [5, 5.41) is 14.1.